The van der Waals surface area contributed by atoms with Crippen LogP contribution in [0.15, 0.2) is 14.9 Å². The fourth-order valence-electron chi connectivity index (χ4n) is 0.653. The number of nitrogens with zero attached hydrogens (tertiary/aromatic N) is 3. The summed E-state index contributed by atoms with van der Waals surface area (Å²) in [5.41, 5.74) is 11.0. The summed E-state index contributed by atoms with van der Waals surface area (Å²) in [6.07, 6.45) is 1.62. The minimum atomic E-state index is 0.465. The van der Waals surface area contributed by atoms with Crippen molar-refractivity contribution in [1.82, 2.24) is 15.2 Å². The molecule has 0 atom stereocenters. The monoisotopic (exact) mass is 231 g/mol. The number of thiazole rings is 1. The lowest BCUT2D eigenvalue weighted by molar-refractivity contribution is 1.02. The van der Waals surface area contributed by atoms with E-state index in [0.717, 1.165) is 8.68 Å². The molecule has 0 fully saturated rings. The van der Waals surface area contributed by atoms with Gasteiger partial charge >= 0.3 is 0 Å². The molecule has 0 saturated carbocycles. The van der Waals surface area contributed by atoms with Crippen LogP contribution >= 0.6 is 34.4 Å². The van der Waals surface area contributed by atoms with Crippen molar-refractivity contribution in [2.75, 3.05) is 11.5 Å². The van der Waals surface area contributed by atoms with E-state index >= 15 is 0 Å². The van der Waals surface area contributed by atoms with Gasteiger partial charge in [0.1, 0.15) is 5.00 Å². The standard InChI is InChI=1S/C5H5N5S3/c6-2-1-8-4(11-2)13-5-10-9-3(7)12-5/h1H,6H2,(H2,7,9). The molecule has 0 unspecified atom stereocenters. The van der Waals surface area contributed by atoms with E-state index in [4.69, 9.17) is 11.5 Å². The number of nitrogen functional groups attached to an aromatic ring is 2. The average Bonchev–Trinajstić information content (AvgIpc) is 2.62. The highest BCUT2D eigenvalue weighted by molar-refractivity contribution is 8.02. The van der Waals surface area contributed by atoms with Gasteiger partial charge in [0.25, 0.3) is 0 Å². The summed E-state index contributed by atoms with van der Waals surface area (Å²) in [4.78, 5) is 4.07. The molecule has 0 amide bonds. The van der Waals surface area contributed by atoms with Gasteiger partial charge in [0.15, 0.2) is 8.68 Å². The van der Waals surface area contributed by atoms with Crippen molar-refractivity contribution in [3.63, 3.8) is 0 Å². The first-order chi connectivity index (χ1) is 6.24. The zero-order valence-electron chi connectivity index (χ0n) is 6.30. The predicted octanol–water partition coefficient (Wildman–Crippen LogP) is 1.31. The van der Waals surface area contributed by atoms with Crippen molar-refractivity contribution in [3.05, 3.63) is 6.20 Å². The third-order valence-electron chi connectivity index (χ3n) is 1.10. The Kier molecular flexibility index (Phi) is 2.34. The van der Waals surface area contributed by atoms with Crippen LogP contribution in [-0.2, 0) is 0 Å². The molecule has 0 spiro atoms. The summed E-state index contributed by atoms with van der Waals surface area (Å²) < 4.78 is 1.64. The molecular weight excluding hydrogens is 226 g/mol. The summed E-state index contributed by atoms with van der Waals surface area (Å²) >= 11 is 4.18. The van der Waals surface area contributed by atoms with Gasteiger partial charge in [-0.3, -0.25) is 0 Å². The fraction of sp³-hybridized carbons (Fsp3) is 0. The molecule has 13 heavy (non-hydrogen) atoms. The Morgan fingerprint density at radius 3 is 2.54 bits per heavy atom. The maximum absolute atomic E-state index is 5.52. The van der Waals surface area contributed by atoms with Gasteiger partial charge in [0.2, 0.25) is 5.13 Å². The Morgan fingerprint density at radius 1 is 1.15 bits per heavy atom. The second-order valence-electron chi connectivity index (χ2n) is 2.04. The Bertz CT molecular complexity index is 369. The molecule has 8 heteroatoms. The Morgan fingerprint density at radius 2 is 2.00 bits per heavy atom. The highest BCUT2D eigenvalue weighted by Gasteiger charge is 2.06. The van der Waals surface area contributed by atoms with Crippen molar-refractivity contribution >= 4 is 44.6 Å². The molecule has 0 aliphatic carbocycles. The topological polar surface area (TPSA) is 90.7 Å². The normalized spacial score (nSPS) is 10.5. The predicted molar refractivity (Wildman–Crippen MR) is 55.0 cm³/mol. The Balaban J connectivity index is 2.14. The lowest BCUT2D eigenvalue weighted by atomic mass is 10.9. The molecule has 2 rings (SSSR count). The van der Waals surface area contributed by atoms with E-state index in [9.17, 15) is 0 Å². The smallest absolute Gasteiger partial charge is 0.203 e. The molecule has 0 bridgehead atoms. The van der Waals surface area contributed by atoms with E-state index in [0.29, 0.717) is 10.1 Å². The number of anilines is 2. The molecule has 0 saturated heterocycles. The van der Waals surface area contributed by atoms with Crippen LogP contribution in [0.4, 0.5) is 10.1 Å². The van der Waals surface area contributed by atoms with Crippen LogP contribution in [0, 0.1) is 0 Å². The summed E-state index contributed by atoms with van der Waals surface area (Å²) in [6, 6.07) is 0. The van der Waals surface area contributed by atoms with E-state index in [-0.39, 0.29) is 0 Å². The van der Waals surface area contributed by atoms with Crippen molar-refractivity contribution in [1.29, 1.82) is 0 Å². The van der Waals surface area contributed by atoms with Gasteiger partial charge in [0, 0.05) is 0 Å². The third-order valence-corrected chi connectivity index (χ3v) is 3.80. The second kappa shape index (κ2) is 3.48. The Labute approximate surface area is 86.2 Å². The van der Waals surface area contributed by atoms with Gasteiger partial charge in [-0.05, 0) is 11.8 Å². The van der Waals surface area contributed by atoms with E-state index in [2.05, 4.69) is 15.2 Å². The van der Waals surface area contributed by atoms with Crippen LogP contribution in [0.2, 0.25) is 0 Å². The molecule has 4 N–H and O–H groups in total. The van der Waals surface area contributed by atoms with Gasteiger partial charge in [-0.15, -0.1) is 10.2 Å². The SMILES string of the molecule is Nc1cnc(Sc2nnc(N)s2)s1. The first-order valence-electron chi connectivity index (χ1n) is 3.22. The van der Waals surface area contributed by atoms with Crippen molar-refractivity contribution in [3.8, 4) is 0 Å². The molecule has 2 aromatic rings. The Hall–Kier alpha value is -0.860. The number of hydrogen-bond donors (Lipinski definition) is 2. The molecule has 0 aliphatic rings. The summed E-state index contributed by atoms with van der Waals surface area (Å²) in [7, 11) is 0. The maximum atomic E-state index is 5.52. The fourth-order valence-corrected chi connectivity index (χ4v) is 3.25. The van der Waals surface area contributed by atoms with Crippen LogP contribution in [-0.4, -0.2) is 15.2 Å². The maximum Gasteiger partial charge on any atom is 0.203 e. The first-order valence-corrected chi connectivity index (χ1v) is 5.67. The second-order valence-corrected chi connectivity index (χ2v) is 5.60. The van der Waals surface area contributed by atoms with Crippen LogP contribution in [0.5, 0.6) is 0 Å². The first kappa shape index (κ1) is 8.73. The number of rotatable bonds is 2. The minimum absolute atomic E-state index is 0.465. The van der Waals surface area contributed by atoms with Crippen molar-refractivity contribution in [2.45, 2.75) is 8.68 Å². The molecule has 68 valence electrons. The van der Waals surface area contributed by atoms with Gasteiger partial charge in [-0.25, -0.2) is 4.98 Å². The third kappa shape index (κ3) is 2.08. The van der Waals surface area contributed by atoms with Crippen molar-refractivity contribution in [2.24, 2.45) is 0 Å². The van der Waals surface area contributed by atoms with Gasteiger partial charge < -0.3 is 11.5 Å². The highest BCUT2D eigenvalue weighted by Crippen LogP contribution is 2.34. The summed E-state index contributed by atoms with van der Waals surface area (Å²) in [5.74, 6) is 0. The minimum Gasteiger partial charge on any atom is -0.389 e. The number of hydrogen-bond acceptors (Lipinski definition) is 8. The van der Waals surface area contributed by atoms with E-state index in [1.54, 1.807) is 6.20 Å². The van der Waals surface area contributed by atoms with Crippen LogP contribution in [0.25, 0.3) is 0 Å². The average molecular weight is 231 g/mol. The van der Waals surface area contributed by atoms with Gasteiger partial charge in [-0.2, -0.15) is 0 Å². The largest absolute Gasteiger partial charge is 0.389 e. The number of aromatic nitrogens is 3. The molecule has 2 heterocycles. The lowest BCUT2D eigenvalue weighted by Crippen LogP contribution is -1.79. The van der Waals surface area contributed by atoms with Crippen molar-refractivity contribution < 1.29 is 0 Å². The molecule has 0 radical (unpaired) electrons. The highest BCUT2D eigenvalue weighted by atomic mass is 32.2. The molecular formula is C5H5N5S3. The van der Waals surface area contributed by atoms with E-state index in [1.807, 2.05) is 0 Å². The van der Waals surface area contributed by atoms with Crippen LogP contribution in [0.1, 0.15) is 0 Å². The zero-order chi connectivity index (χ0) is 9.26. The van der Waals surface area contributed by atoms with Crippen LogP contribution < -0.4 is 11.5 Å². The lowest BCUT2D eigenvalue weighted by Gasteiger charge is -1.85. The number of nitrogens with two attached hydrogens (primary N) is 2. The van der Waals surface area contributed by atoms with Gasteiger partial charge in [0.05, 0.1) is 6.20 Å². The van der Waals surface area contributed by atoms with Gasteiger partial charge in [-0.1, -0.05) is 22.7 Å². The van der Waals surface area contributed by atoms with E-state index < -0.39 is 0 Å². The summed E-state index contributed by atoms with van der Waals surface area (Å²) in [5, 5.41) is 8.70. The molecule has 2 aromatic heterocycles. The summed E-state index contributed by atoms with van der Waals surface area (Å²) in [6.45, 7) is 0. The quantitative estimate of drug-likeness (QED) is 0.809. The van der Waals surface area contributed by atoms with Crippen LogP contribution in [0.3, 0.4) is 0 Å². The molecule has 0 aliphatic heterocycles. The van der Waals surface area contributed by atoms with E-state index in [1.165, 1.54) is 34.4 Å². The molecule has 0 aromatic carbocycles. The zero-order valence-corrected chi connectivity index (χ0v) is 8.75. The molecule has 5 nitrogen and oxygen atoms in total.